The molecule has 0 radical (unpaired) electrons. The summed E-state index contributed by atoms with van der Waals surface area (Å²) in [6, 6.07) is 8.14. The Kier molecular flexibility index (Phi) is 4.43. The van der Waals surface area contributed by atoms with Crippen LogP contribution in [0.2, 0.25) is 0 Å². The van der Waals surface area contributed by atoms with E-state index in [1.165, 1.54) is 12.8 Å². The Bertz CT molecular complexity index is 664. The van der Waals surface area contributed by atoms with Gasteiger partial charge in [-0.25, -0.2) is 4.98 Å². The molecule has 1 fully saturated rings. The number of rotatable bonds is 4. The van der Waals surface area contributed by atoms with Crippen molar-refractivity contribution in [1.29, 1.82) is 0 Å². The van der Waals surface area contributed by atoms with Crippen molar-refractivity contribution in [3.63, 3.8) is 0 Å². The molecule has 1 saturated carbocycles. The highest BCUT2D eigenvalue weighted by molar-refractivity contribution is 5.81. The number of imidazole rings is 1. The molecule has 5 heteroatoms. The zero-order chi connectivity index (χ0) is 15.5. The standard InChI is InChI=1S/C17H24N4O/c1-12-19-15-8-4-5-9-16(15)21(12)11-17(22)20-14-7-3-2-6-13(14)10-18/h4-5,8-9,13-14H,2-3,6-7,10-11,18H2,1H3,(H,20,22). The van der Waals surface area contributed by atoms with Gasteiger partial charge in [0.15, 0.2) is 0 Å². The van der Waals surface area contributed by atoms with Crippen LogP contribution in [0.5, 0.6) is 0 Å². The first-order valence-electron chi connectivity index (χ1n) is 8.10. The van der Waals surface area contributed by atoms with Crippen molar-refractivity contribution in [2.45, 2.75) is 45.2 Å². The number of aryl methyl sites for hydroxylation is 1. The number of nitrogens with zero attached hydrogens (tertiary/aromatic N) is 2. The largest absolute Gasteiger partial charge is 0.351 e. The summed E-state index contributed by atoms with van der Waals surface area (Å²) < 4.78 is 1.98. The average molecular weight is 300 g/mol. The highest BCUT2D eigenvalue weighted by Crippen LogP contribution is 2.23. The number of nitrogens with two attached hydrogens (primary N) is 1. The number of carbonyl (C=O) groups excluding carboxylic acids is 1. The lowest BCUT2D eigenvalue weighted by atomic mass is 9.84. The van der Waals surface area contributed by atoms with Gasteiger partial charge < -0.3 is 15.6 Å². The molecule has 118 valence electrons. The number of fused-ring (bicyclic) bond motifs is 1. The zero-order valence-corrected chi connectivity index (χ0v) is 13.1. The molecule has 1 amide bonds. The van der Waals surface area contributed by atoms with Gasteiger partial charge in [0.05, 0.1) is 11.0 Å². The minimum atomic E-state index is 0.0524. The van der Waals surface area contributed by atoms with Gasteiger partial charge in [-0.05, 0) is 44.4 Å². The van der Waals surface area contributed by atoms with Crippen LogP contribution in [-0.4, -0.2) is 28.0 Å². The van der Waals surface area contributed by atoms with Crippen molar-refractivity contribution >= 4 is 16.9 Å². The van der Waals surface area contributed by atoms with Gasteiger partial charge in [0.2, 0.25) is 5.91 Å². The third kappa shape index (κ3) is 2.99. The van der Waals surface area contributed by atoms with Crippen LogP contribution in [-0.2, 0) is 11.3 Å². The molecule has 1 heterocycles. The molecule has 3 rings (SSSR count). The summed E-state index contributed by atoms with van der Waals surface area (Å²) in [6.07, 6.45) is 4.56. The molecule has 0 aliphatic heterocycles. The van der Waals surface area contributed by atoms with Gasteiger partial charge in [0.1, 0.15) is 12.4 Å². The van der Waals surface area contributed by atoms with Gasteiger partial charge in [-0.1, -0.05) is 25.0 Å². The van der Waals surface area contributed by atoms with Gasteiger partial charge in [0.25, 0.3) is 0 Å². The van der Waals surface area contributed by atoms with Crippen LogP contribution >= 0.6 is 0 Å². The number of hydrogen-bond acceptors (Lipinski definition) is 3. The van der Waals surface area contributed by atoms with Gasteiger partial charge in [-0.3, -0.25) is 4.79 Å². The number of para-hydroxylation sites is 2. The fourth-order valence-electron chi connectivity index (χ4n) is 3.47. The fourth-order valence-corrected chi connectivity index (χ4v) is 3.47. The number of amides is 1. The van der Waals surface area contributed by atoms with E-state index in [9.17, 15) is 4.79 Å². The van der Waals surface area contributed by atoms with Crippen LogP contribution in [0.1, 0.15) is 31.5 Å². The maximum absolute atomic E-state index is 12.4. The van der Waals surface area contributed by atoms with Crippen LogP contribution in [0, 0.1) is 12.8 Å². The van der Waals surface area contributed by atoms with Gasteiger partial charge >= 0.3 is 0 Å². The van der Waals surface area contributed by atoms with E-state index in [0.717, 1.165) is 29.7 Å². The van der Waals surface area contributed by atoms with E-state index < -0.39 is 0 Å². The molecule has 0 spiro atoms. The van der Waals surface area contributed by atoms with Gasteiger partial charge in [-0.15, -0.1) is 0 Å². The van der Waals surface area contributed by atoms with Crippen LogP contribution < -0.4 is 11.1 Å². The number of hydrogen-bond donors (Lipinski definition) is 2. The molecule has 3 N–H and O–H groups in total. The first-order chi connectivity index (χ1) is 10.7. The molecule has 2 unspecified atom stereocenters. The lowest BCUT2D eigenvalue weighted by Gasteiger charge is -2.31. The number of aromatic nitrogens is 2. The van der Waals surface area contributed by atoms with Crippen molar-refractivity contribution in [3.05, 3.63) is 30.1 Å². The summed E-state index contributed by atoms with van der Waals surface area (Å²) in [5, 5.41) is 3.18. The van der Waals surface area contributed by atoms with Crippen molar-refractivity contribution in [2.24, 2.45) is 11.7 Å². The molecule has 5 nitrogen and oxygen atoms in total. The van der Waals surface area contributed by atoms with E-state index in [1.54, 1.807) is 0 Å². The van der Waals surface area contributed by atoms with Gasteiger partial charge in [0, 0.05) is 6.04 Å². The van der Waals surface area contributed by atoms with E-state index in [0.29, 0.717) is 19.0 Å². The third-order valence-corrected chi connectivity index (χ3v) is 4.71. The molecule has 2 aromatic rings. The molecule has 0 bridgehead atoms. The monoisotopic (exact) mass is 300 g/mol. The summed E-state index contributed by atoms with van der Waals surface area (Å²) >= 11 is 0. The van der Waals surface area contributed by atoms with E-state index in [2.05, 4.69) is 10.3 Å². The van der Waals surface area contributed by atoms with E-state index >= 15 is 0 Å². The molecule has 1 aromatic carbocycles. The highest BCUT2D eigenvalue weighted by Gasteiger charge is 2.25. The first kappa shape index (κ1) is 15.0. The summed E-state index contributed by atoms with van der Waals surface area (Å²) in [4.78, 5) is 16.9. The fraction of sp³-hybridized carbons (Fsp3) is 0.529. The molecule has 0 saturated heterocycles. The lowest BCUT2D eigenvalue weighted by molar-refractivity contribution is -0.122. The predicted molar refractivity (Wildman–Crippen MR) is 87.4 cm³/mol. The second kappa shape index (κ2) is 6.48. The molecular weight excluding hydrogens is 276 g/mol. The Balaban J connectivity index is 1.72. The van der Waals surface area contributed by atoms with E-state index in [-0.39, 0.29) is 11.9 Å². The van der Waals surface area contributed by atoms with Crippen LogP contribution in [0.25, 0.3) is 11.0 Å². The second-order valence-corrected chi connectivity index (χ2v) is 6.19. The van der Waals surface area contributed by atoms with E-state index in [1.807, 2.05) is 35.8 Å². The normalized spacial score (nSPS) is 21.9. The summed E-state index contributed by atoms with van der Waals surface area (Å²) in [5.41, 5.74) is 7.78. The smallest absolute Gasteiger partial charge is 0.240 e. The SMILES string of the molecule is Cc1nc2ccccc2n1CC(=O)NC1CCCCC1CN. The van der Waals surface area contributed by atoms with Gasteiger partial charge in [-0.2, -0.15) is 0 Å². The lowest BCUT2D eigenvalue weighted by Crippen LogP contribution is -2.45. The Labute approximate surface area is 130 Å². The number of carbonyl (C=O) groups is 1. The number of nitrogens with one attached hydrogen (secondary N) is 1. The minimum absolute atomic E-state index is 0.0524. The topological polar surface area (TPSA) is 72.9 Å². The molecule has 1 aliphatic rings. The highest BCUT2D eigenvalue weighted by atomic mass is 16.2. The number of benzene rings is 1. The summed E-state index contributed by atoms with van der Waals surface area (Å²) in [5.74, 6) is 1.34. The molecule has 1 aromatic heterocycles. The van der Waals surface area contributed by atoms with Crippen molar-refractivity contribution < 1.29 is 4.79 Å². The average Bonchev–Trinajstić information content (AvgIpc) is 2.84. The minimum Gasteiger partial charge on any atom is -0.351 e. The van der Waals surface area contributed by atoms with Crippen molar-refractivity contribution in [2.75, 3.05) is 6.54 Å². The molecule has 22 heavy (non-hydrogen) atoms. The third-order valence-electron chi connectivity index (χ3n) is 4.71. The molecule has 1 aliphatic carbocycles. The Hall–Kier alpha value is -1.88. The van der Waals surface area contributed by atoms with Crippen molar-refractivity contribution in [1.82, 2.24) is 14.9 Å². The Morgan fingerprint density at radius 2 is 2.14 bits per heavy atom. The second-order valence-electron chi connectivity index (χ2n) is 6.19. The Morgan fingerprint density at radius 1 is 1.36 bits per heavy atom. The molecular formula is C17H24N4O. The maximum Gasteiger partial charge on any atom is 0.240 e. The summed E-state index contributed by atoms with van der Waals surface area (Å²) in [6.45, 7) is 2.91. The van der Waals surface area contributed by atoms with Crippen LogP contribution in [0.4, 0.5) is 0 Å². The summed E-state index contributed by atoms with van der Waals surface area (Å²) in [7, 11) is 0. The van der Waals surface area contributed by atoms with E-state index in [4.69, 9.17) is 5.73 Å². The van der Waals surface area contributed by atoms with Crippen LogP contribution in [0.15, 0.2) is 24.3 Å². The Morgan fingerprint density at radius 3 is 2.95 bits per heavy atom. The molecule has 2 atom stereocenters. The van der Waals surface area contributed by atoms with Crippen molar-refractivity contribution in [3.8, 4) is 0 Å². The first-order valence-corrected chi connectivity index (χ1v) is 8.10. The zero-order valence-electron chi connectivity index (χ0n) is 13.1. The quantitative estimate of drug-likeness (QED) is 0.907. The maximum atomic E-state index is 12.4. The predicted octanol–water partition coefficient (Wildman–Crippen LogP) is 1.98. The van der Waals surface area contributed by atoms with Crippen LogP contribution in [0.3, 0.4) is 0 Å².